The number of likely N-dealkylation sites (tertiary alicyclic amines) is 1. The van der Waals surface area contributed by atoms with Gasteiger partial charge in [0.25, 0.3) is 5.91 Å². The summed E-state index contributed by atoms with van der Waals surface area (Å²) in [5.41, 5.74) is 0.672. The highest BCUT2D eigenvalue weighted by molar-refractivity contribution is 7.99. The summed E-state index contributed by atoms with van der Waals surface area (Å²) < 4.78 is 1.83. The van der Waals surface area contributed by atoms with Gasteiger partial charge in [0.1, 0.15) is 0 Å². The number of carbonyl (C=O) groups is 1. The molecule has 23 heavy (non-hydrogen) atoms. The normalized spacial score (nSPS) is 21.7. The molecule has 2 aliphatic rings. The predicted molar refractivity (Wildman–Crippen MR) is 95.0 cm³/mol. The molecule has 0 bridgehead atoms. The van der Waals surface area contributed by atoms with Crippen LogP contribution in [-0.2, 0) is 0 Å². The van der Waals surface area contributed by atoms with E-state index in [9.17, 15) is 4.79 Å². The zero-order chi connectivity index (χ0) is 16.2. The molecule has 1 amide bonds. The minimum atomic E-state index is 0.0180. The second-order valence-corrected chi connectivity index (χ2v) is 8.15. The fourth-order valence-corrected chi connectivity index (χ4v) is 4.55. The number of thioether (sulfide) groups is 1. The van der Waals surface area contributed by atoms with Gasteiger partial charge in [-0.25, -0.2) is 0 Å². The molecule has 3 heterocycles. The molecule has 0 aromatic carbocycles. The topological polar surface area (TPSA) is 50.2 Å². The molecule has 6 heteroatoms. The molecule has 2 saturated heterocycles. The monoisotopic (exact) mass is 336 g/mol. The first kappa shape index (κ1) is 16.8. The van der Waals surface area contributed by atoms with E-state index < -0.39 is 0 Å². The molecular formula is C17H28N4OS. The van der Waals surface area contributed by atoms with E-state index in [1.54, 1.807) is 6.20 Å². The lowest BCUT2D eigenvalue weighted by Crippen LogP contribution is -2.48. The van der Waals surface area contributed by atoms with Gasteiger partial charge in [0.05, 0.1) is 11.8 Å². The van der Waals surface area contributed by atoms with Crippen LogP contribution in [0.3, 0.4) is 0 Å². The summed E-state index contributed by atoms with van der Waals surface area (Å²) in [5.74, 6) is 2.63. The Morgan fingerprint density at radius 3 is 2.57 bits per heavy atom. The van der Waals surface area contributed by atoms with E-state index in [0.717, 1.165) is 32.0 Å². The van der Waals surface area contributed by atoms with Crippen LogP contribution in [0.2, 0.25) is 0 Å². The van der Waals surface area contributed by atoms with Crippen LogP contribution in [0.1, 0.15) is 55.9 Å². The summed E-state index contributed by atoms with van der Waals surface area (Å²) >= 11 is 2.08. The largest absolute Gasteiger partial charge is 0.349 e. The maximum Gasteiger partial charge on any atom is 0.254 e. The molecule has 0 aliphatic carbocycles. The lowest BCUT2D eigenvalue weighted by Gasteiger charge is -2.39. The molecule has 0 saturated carbocycles. The minimum absolute atomic E-state index is 0.0180. The number of hydrogen-bond acceptors (Lipinski definition) is 4. The second-order valence-electron chi connectivity index (χ2n) is 6.93. The van der Waals surface area contributed by atoms with Crippen LogP contribution < -0.4 is 5.32 Å². The summed E-state index contributed by atoms with van der Waals surface area (Å²) in [6, 6.07) is 1.37. The summed E-state index contributed by atoms with van der Waals surface area (Å²) in [6.45, 7) is 6.36. The maximum atomic E-state index is 12.4. The van der Waals surface area contributed by atoms with E-state index in [2.05, 4.69) is 40.9 Å². The van der Waals surface area contributed by atoms with Crippen molar-refractivity contribution in [3.05, 3.63) is 18.0 Å². The van der Waals surface area contributed by atoms with Crippen LogP contribution >= 0.6 is 11.8 Å². The second kappa shape index (κ2) is 7.71. The standard InChI is InChI=1S/C17H28N4OS/c1-13(2)21-12-14(11-18-21)17(22)19-15-3-7-20(8-4-15)16-5-9-23-10-6-16/h11-13,15-16H,3-10H2,1-2H3,(H,19,22). The highest BCUT2D eigenvalue weighted by Gasteiger charge is 2.27. The number of aromatic nitrogens is 2. The zero-order valence-corrected chi connectivity index (χ0v) is 15.0. The molecule has 2 aliphatic heterocycles. The van der Waals surface area contributed by atoms with Crippen molar-refractivity contribution >= 4 is 17.7 Å². The number of hydrogen-bond donors (Lipinski definition) is 1. The van der Waals surface area contributed by atoms with Crippen molar-refractivity contribution in [2.75, 3.05) is 24.6 Å². The van der Waals surface area contributed by atoms with E-state index in [4.69, 9.17) is 0 Å². The summed E-state index contributed by atoms with van der Waals surface area (Å²) in [5, 5.41) is 7.44. The maximum absolute atomic E-state index is 12.4. The molecule has 2 fully saturated rings. The van der Waals surface area contributed by atoms with Crippen molar-refractivity contribution in [2.24, 2.45) is 0 Å². The average Bonchev–Trinajstić information content (AvgIpc) is 3.07. The highest BCUT2D eigenvalue weighted by Crippen LogP contribution is 2.24. The van der Waals surface area contributed by atoms with E-state index in [1.165, 1.54) is 24.3 Å². The number of amides is 1. The molecule has 1 aromatic rings. The van der Waals surface area contributed by atoms with Crippen LogP contribution in [0.5, 0.6) is 0 Å². The summed E-state index contributed by atoms with van der Waals surface area (Å²) in [4.78, 5) is 15.0. The first-order valence-electron chi connectivity index (χ1n) is 8.80. The van der Waals surface area contributed by atoms with Gasteiger partial charge in [0.15, 0.2) is 0 Å². The van der Waals surface area contributed by atoms with Crippen molar-refractivity contribution in [2.45, 2.75) is 57.7 Å². The van der Waals surface area contributed by atoms with Gasteiger partial charge in [-0.15, -0.1) is 0 Å². The molecular weight excluding hydrogens is 308 g/mol. The predicted octanol–water partition coefficient (Wildman–Crippen LogP) is 2.55. The third-order valence-corrected chi connectivity index (χ3v) is 6.01. The van der Waals surface area contributed by atoms with Gasteiger partial charge < -0.3 is 10.2 Å². The van der Waals surface area contributed by atoms with E-state index in [1.807, 2.05) is 10.9 Å². The van der Waals surface area contributed by atoms with Crippen molar-refractivity contribution in [3.8, 4) is 0 Å². The molecule has 3 rings (SSSR count). The van der Waals surface area contributed by atoms with Gasteiger partial charge in [-0.1, -0.05) is 0 Å². The van der Waals surface area contributed by atoms with Gasteiger partial charge >= 0.3 is 0 Å². The van der Waals surface area contributed by atoms with Crippen molar-refractivity contribution in [1.29, 1.82) is 0 Å². The molecule has 1 N–H and O–H groups in total. The molecule has 0 unspecified atom stereocenters. The van der Waals surface area contributed by atoms with Gasteiger partial charge in [-0.2, -0.15) is 16.9 Å². The Bertz CT molecular complexity index is 516. The van der Waals surface area contributed by atoms with Gasteiger partial charge in [-0.05, 0) is 51.0 Å². The smallest absolute Gasteiger partial charge is 0.254 e. The average molecular weight is 337 g/mol. The van der Waals surface area contributed by atoms with Crippen LogP contribution in [-0.4, -0.2) is 57.3 Å². The van der Waals surface area contributed by atoms with Crippen LogP contribution in [0.25, 0.3) is 0 Å². The van der Waals surface area contributed by atoms with Gasteiger partial charge in [0, 0.05) is 37.4 Å². The van der Waals surface area contributed by atoms with Crippen molar-refractivity contribution in [3.63, 3.8) is 0 Å². The van der Waals surface area contributed by atoms with Crippen LogP contribution in [0, 0.1) is 0 Å². The number of piperidine rings is 1. The number of carbonyl (C=O) groups excluding carboxylic acids is 1. The fourth-order valence-electron chi connectivity index (χ4n) is 3.47. The summed E-state index contributed by atoms with van der Waals surface area (Å²) in [6.07, 6.45) is 8.30. The number of nitrogens with one attached hydrogen (secondary N) is 1. The Balaban J connectivity index is 1.47. The summed E-state index contributed by atoms with van der Waals surface area (Å²) in [7, 11) is 0. The van der Waals surface area contributed by atoms with Crippen molar-refractivity contribution in [1.82, 2.24) is 20.0 Å². The van der Waals surface area contributed by atoms with Gasteiger partial charge in [0.2, 0.25) is 0 Å². The highest BCUT2D eigenvalue weighted by atomic mass is 32.2. The van der Waals surface area contributed by atoms with Crippen LogP contribution in [0.4, 0.5) is 0 Å². The number of nitrogens with zero attached hydrogens (tertiary/aromatic N) is 3. The lowest BCUT2D eigenvalue weighted by molar-refractivity contribution is 0.0886. The third kappa shape index (κ3) is 4.29. The van der Waals surface area contributed by atoms with E-state index in [0.29, 0.717) is 11.6 Å². The van der Waals surface area contributed by atoms with Gasteiger partial charge in [-0.3, -0.25) is 9.48 Å². The molecule has 0 spiro atoms. The lowest BCUT2D eigenvalue weighted by atomic mass is 10.0. The Morgan fingerprint density at radius 1 is 1.26 bits per heavy atom. The van der Waals surface area contributed by atoms with Crippen LogP contribution in [0.15, 0.2) is 12.4 Å². The quantitative estimate of drug-likeness (QED) is 0.918. The zero-order valence-electron chi connectivity index (χ0n) is 14.2. The first-order valence-corrected chi connectivity index (χ1v) is 9.96. The Labute approximate surface area is 143 Å². The van der Waals surface area contributed by atoms with E-state index in [-0.39, 0.29) is 11.9 Å². The Kier molecular flexibility index (Phi) is 5.64. The SMILES string of the molecule is CC(C)n1cc(C(=O)NC2CCN(C3CCSCC3)CC2)cn1. The van der Waals surface area contributed by atoms with E-state index >= 15 is 0 Å². The Hall–Kier alpha value is -1.01. The molecule has 1 aromatic heterocycles. The fraction of sp³-hybridized carbons (Fsp3) is 0.765. The molecule has 0 radical (unpaired) electrons. The Morgan fingerprint density at radius 2 is 1.96 bits per heavy atom. The number of rotatable bonds is 4. The first-order chi connectivity index (χ1) is 11.1. The van der Waals surface area contributed by atoms with Crippen molar-refractivity contribution < 1.29 is 4.79 Å². The molecule has 128 valence electrons. The minimum Gasteiger partial charge on any atom is -0.349 e. The third-order valence-electron chi connectivity index (χ3n) is 4.96. The molecule has 5 nitrogen and oxygen atoms in total. The molecule has 0 atom stereocenters.